The van der Waals surface area contributed by atoms with E-state index < -0.39 is 123 Å². The molecule has 19 atom stereocenters. The van der Waals surface area contributed by atoms with Crippen LogP contribution in [0, 0.1) is 0 Å². The van der Waals surface area contributed by atoms with Crippen molar-refractivity contribution in [2.75, 3.05) is 26.8 Å². The molecule has 19 nitrogen and oxygen atoms in total. The topological polar surface area (TPSA) is 353 Å². The maximum Gasteiger partial charge on any atom is 0.187 e. The summed E-state index contributed by atoms with van der Waals surface area (Å²) >= 11 is 0. The van der Waals surface area contributed by atoms with E-state index in [4.69, 9.17) is 62.8 Å². The molecule has 0 bridgehead atoms. The zero-order valence-corrected chi connectivity index (χ0v) is 24.8. The normalized spacial score (nSPS) is 45.1. The molecule has 0 radical (unpaired) electrons. The Hall–Kier alpha value is -0.760. The van der Waals surface area contributed by atoms with Crippen molar-refractivity contribution in [1.29, 1.82) is 0 Å². The molecule has 19 unspecified atom stereocenters. The van der Waals surface area contributed by atoms with Crippen molar-refractivity contribution in [1.82, 2.24) is 0 Å². The number of aliphatic hydroxyl groups is 7. The third-order valence-corrected chi connectivity index (χ3v) is 8.67. The van der Waals surface area contributed by atoms with Crippen LogP contribution in [-0.2, 0) is 28.4 Å². The van der Waals surface area contributed by atoms with Gasteiger partial charge in [0, 0.05) is 32.3 Å². The number of rotatable bonds is 14. The number of methoxy groups -OCH3 is 1. The fourth-order valence-corrected chi connectivity index (χ4v) is 5.76. The van der Waals surface area contributed by atoms with E-state index in [1.165, 1.54) is 14.0 Å². The fraction of sp³-hybridized carbons (Fsp3) is 1.00. The van der Waals surface area contributed by atoms with Crippen molar-refractivity contribution < 1.29 is 64.2 Å². The van der Waals surface area contributed by atoms with Crippen LogP contribution in [0.5, 0.6) is 0 Å². The molecule has 2 aliphatic heterocycles. The van der Waals surface area contributed by atoms with Gasteiger partial charge >= 0.3 is 0 Å². The summed E-state index contributed by atoms with van der Waals surface area (Å²) in [5, 5.41) is 73.6. The third-order valence-electron chi connectivity index (χ3n) is 8.67. The number of ether oxygens (including phenoxy) is 6. The van der Waals surface area contributed by atoms with Crippen LogP contribution < -0.4 is 34.4 Å². The SMILES string of the molecule is COC(CN)C(O)C(O)C(N)C(C)OC1C(CO)OC(OC2C(O)C(N)CC(N)C2OC2OC(CN)C(O)C(O)C2N)C1O. The highest BCUT2D eigenvalue weighted by molar-refractivity contribution is 5.02. The minimum Gasteiger partial charge on any atom is -0.394 e. The maximum atomic E-state index is 11.1. The van der Waals surface area contributed by atoms with Gasteiger partial charge in [-0.1, -0.05) is 0 Å². The Morgan fingerprint density at radius 1 is 0.795 bits per heavy atom. The highest BCUT2D eigenvalue weighted by Crippen LogP contribution is 2.33. The first-order valence-electron chi connectivity index (χ1n) is 14.6. The molecule has 3 aliphatic rings. The first kappa shape index (κ1) is 37.7. The van der Waals surface area contributed by atoms with Gasteiger partial charge in [0.05, 0.1) is 37.0 Å². The van der Waals surface area contributed by atoms with E-state index in [9.17, 15) is 35.7 Å². The van der Waals surface area contributed by atoms with Crippen molar-refractivity contribution >= 4 is 0 Å². The first-order valence-corrected chi connectivity index (χ1v) is 14.6. The van der Waals surface area contributed by atoms with Crippen LogP contribution in [0.3, 0.4) is 0 Å². The van der Waals surface area contributed by atoms with Crippen LogP contribution >= 0.6 is 0 Å². The summed E-state index contributed by atoms with van der Waals surface area (Å²) in [5.74, 6) is 0. The minimum absolute atomic E-state index is 0.0859. The van der Waals surface area contributed by atoms with Gasteiger partial charge < -0.3 is 98.6 Å². The maximum absolute atomic E-state index is 11.1. The average Bonchev–Trinajstić information content (AvgIpc) is 3.30. The zero-order valence-electron chi connectivity index (χ0n) is 24.8. The molecule has 260 valence electrons. The lowest BCUT2D eigenvalue weighted by atomic mass is 9.84. The smallest absolute Gasteiger partial charge is 0.187 e. The molecule has 0 aromatic heterocycles. The summed E-state index contributed by atoms with van der Waals surface area (Å²) in [6, 6.07) is -4.11. The zero-order chi connectivity index (χ0) is 33.0. The van der Waals surface area contributed by atoms with E-state index in [0.29, 0.717) is 0 Å². The van der Waals surface area contributed by atoms with E-state index in [2.05, 4.69) is 0 Å². The standard InChI is InChI=1S/C25H52N6O13/c1-7(13(30)18(36)16(34)10(4-26)39-2)40-22-12(6-32)42-25(20(22)38)44-23-15(33)8(28)3-9(29)21(23)43-24-14(31)19(37)17(35)11(5-27)41-24/h7-25,32-38H,3-6,26-31H2,1-2H3. The van der Waals surface area contributed by atoms with E-state index in [-0.39, 0.29) is 19.5 Å². The molecule has 2 saturated heterocycles. The number of aliphatic hydroxyl groups excluding tert-OH is 7. The lowest BCUT2D eigenvalue weighted by Crippen LogP contribution is -2.68. The Kier molecular flexibility index (Phi) is 14.0. The molecule has 0 amide bonds. The summed E-state index contributed by atoms with van der Waals surface area (Å²) in [5.41, 5.74) is 35.8. The quantitative estimate of drug-likeness (QED) is 0.0834. The highest BCUT2D eigenvalue weighted by atomic mass is 16.7. The van der Waals surface area contributed by atoms with Crippen molar-refractivity contribution in [2.24, 2.45) is 34.4 Å². The van der Waals surface area contributed by atoms with Gasteiger partial charge in [-0.3, -0.25) is 0 Å². The van der Waals surface area contributed by atoms with Gasteiger partial charge in [-0.25, -0.2) is 0 Å². The molecule has 2 heterocycles. The van der Waals surface area contributed by atoms with Gasteiger partial charge in [0.1, 0.15) is 61.0 Å². The van der Waals surface area contributed by atoms with Crippen molar-refractivity contribution in [3.63, 3.8) is 0 Å². The summed E-state index contributed by atoms with van der Waals surface area (Å²) in [6.45, 7) is 0.627. The van der Waals surface area contributed by atoms with Crippen molar-refractivity contribution in [3.05, 3.63) is 0 Å². The lowest BCUT2D eigenvalue weighted by molar-refractivity contribution is -0.306. The second-order valence-electron chi connectivity index (χ2n) is 11.7. The average molecular weight is 645 g/mol. The van der Waals surface area contributed by atoms with Gasteiger partial charge in [-0.05, 0) is 13.3 Å². The number of hydrogen-bond acceptors (Lipinski definition) is 19. The van der Waals surface area contributed by atoms with Gasteiger partial charge in [-0.15, -0.1) is 0 Å². The molecule has 19 N–H and O–H groups in total. The highest BCUT2D eigenvalue weighted by Gasteiger charge is 2.53. The number of hydrogen-bond donors (Lipinski definition) is 13. The Balaban J connectivity index is 1.74. The monoisotopic (exact) mass is 644 g/mol. The summed E-state index contributed by atoms with van der Waals surface area (Å²) in [7, 11) is 1.32. The molecular weight excluding hydrogens is 592 g/mol. The predicted octanol–water partition coefficient (Wildman–Crippen LogP) is -8.22. The van der Waals surface area contributed by atoms with Crippen LogP contribution in [0.25, 0.3) is 0 Å². The Labute approximate surface area is 255 Å². The predicted molar refractivity (Wildman–Crippen MR) is 150 cm³/mol. The van der Waals surface area contributed by atoms with Crippen LogP contribution in [0.15, 0.2) is 0 Å². The third kappa shape index (κ3) is 8.02. The van der Waals surface area contributed by atoms with Crippen molar-refractivity contribution in [2.45, 2.75) is 129 Å². The molecule has 1 saturated carbocycles. The van der Waals surface area contributed by atoms with E-state index in [0.717, 1.165) is 0 Å². The van der Waals surface area contributed by atoms with Gasteiger partial charge in [0.25, 0.3) is 0 Å². The Morgan fingerprint density at radius 2 is 1.41 bits per heavy atom. The summed E-state index contributed by atoms with van der Waals surface area (Å²) in [6.07, 6.45) is -19.2. The van der Waals surface area contributed by atoms with Crippen LogP contribution in [0.2, 0.25) is 0 Å². The minimum atomic E-state index is -1.56. The first-order chi connectivity index (χ1) is 20.7. The fourth-order valence-electron chi connectivity index (χ4n) is 5.76. The summed E-state index contributed by atoms with van der Waals surface area (Å²) in [4.78, 5) is 0. The molecular formula is C25H52N6O13. The molecule has 19 heteroatoms. The van der Waals surface area contributed by atoms with E-state index in [1.54, 1.807) is 0 Å². The number of nitrogens with two attached hydrogens (primary N) is 6. The van der Waals surface area contributed by atoms with Crippen molar-refractivity contribution in [3.8, 4) is 0 Å². The van der Waals surface area contributed by atoms with Gasteiger partial charge in [-0.2, -0.15) is 0 Å². The molecule has 44 heavy (non-hydrogen) atoms. The van der Waals surface area contributed by atoms with E-state index >= 15 is 0 Å². The van der Waals surface area contributed by atoms with Gasteiger partial charge in [0.2, 0.25) is 0 Å². The van der Waals surface area contributed by atoms with Gasteiger partial charge in [0.15, 0.2) is 12.6 Å². The molecule has 3 fully saturated rings. The molecule has 0 aromatic rings. The lowest BCUT2D eigenvalue weighted by Gasteiger charge is -2.47. The second-order valence-corrected chi connectivity index (χ2v) is 11.7. The Morgan fingerprint density at radius 3 is 1.98 bits per heavy atom. The van der Waals surface area contributed by atoms with Crippen LogP contribution in [0.4, 0.5) is 0 Å². The largest absolute Gasteiger partial charge is 0.394 e. The summed E-state index contributed by atoms with van der Waals surface area (Å²) < 4.78 is 34.3. The second kappa shape index (κ2) is 16.4. The van der Waals surface area contributed by atoms with Crippen LogP contribution in [-0.4, -0.2) is 179 Å². The van der Waals surface area contributed by atoms with E-state index in [1.807, 2.05) is 0 Å². The molecule has 1 aliphatic carbocycles. The Bertz CT molecular complexity index is 867. The molecule has 0 spiro atoms. The molecule has 3 rings (SSSR count). The van der Waals surface area contributed by atoms with Crippen LogP contribution in [0.1, 0.15) is 13.3 Å². The molecule has 0 aromatic carbocycles.